The average Bonchev–Trinajstić information content (AvgIpc) is 3.22. The highest BCUT2D eigenvalue weighted by atomic mass is 32.1. The zero-order valence-electron chi connectivity index (χ0n) is 14.9. The van der Waals surface area contributed by atoms with E-state index in [-0.39, 0.29) is 12.1 Å². The summed E-state index contributed by atoms with van der Waals surface area (Å²) in [6, 6.07) is 3.95. The smallest absolute Gasteiger partial charge is 0.323 e. The molecule has 2 aliphatic rings. The van der Waals surface area contributed by atoms with Gasteiger partial charge in [-0.3, -0.25) is 5.32 Å². The number of amides is 2. The molecule has 5 rings (SSSR count). The van der Waals surface area contributed by atoms with Crippen molar-refractivity contribution in [3.05, 3.63) is 29.5 Å². The molecule has 140 valence electrons. The summed E-state index contributed by atoms with van der Waals surface area (Å²) in [5.74, 6) is 2.34. The van der Waals surface area contributed by atoms with E-state index in [0.717, 1.165) is 43.2 Å². The van der Waals surface area contributed by atoms with Crippen molar-refractivity contribution in [2.75, 3.05) is 30.4 Å². The Kier molecular flexibility index (Phi) is 3.92. The van der Waals surface area contributed by atoms with Crippen molar-refractivity contribution in [2.24, 2.45) is 0 Å². The molecule has 0 atom stereocenters. The highest BCUT2D eigenvalue weighted by Gasteiger charge is 2.34. The first-order chi connectivity index (χ1) is 13.2. The first-order valence-corrected chi connectivity index (χ1v) is 9.97. The van der Waals surface area contributed by atoms with Gasteiger partial charge in [0.2, 0.25) is 0 Å². The molecule has 1 saturated heterocycles. The number of carbonyl (C=O) groups excluding carboxylic acids is 1. The minimum Gasteiger partial charge on any atom is -0.351 e. The maximum atomic E-state index is 12.3. The standard InChI is InChI=1S/C17H20N8OS/c1-23(17(26)19-16-18-7-8-27-16)12-9-24(10-12)14-6-5-13-20-21-15(25(13)22-14)11-3-2-4-11/h5-8,11-12H,2-4,9-10H2,1H3,(H,18,19,26). The van der Waals surface area contributed by atoms with Crippen LogP contribution in [0.4, 0.5) is 15.7 Å². The van der Waals surface area contributed by atoms with E-state index < -0.39 is 0 Å². The molecule has 1 saturated carbocycles. The number of urea groups is 1. The quantitative estimate of drug-likeness (QED) is 0.741. The fraction of sp³-hybridized carbons (Fsp3) is 0.471. The Labute approximate surface area is 160 Å². The van der Waals surface area contributed by atoms with Gasteiger partial charge in [0.25, 0.3) is 0 Å². The largest absolute Gasteiger partial charge is 0.351 e. The van der Waals surface area contributed by atoms with Crippen LogP contribution in [-0.2, 0) is 0 Å². The third-order valence-electron chi connectivity index (χ3n) is 5.44. The monoisotopic (exact) mass is 384 g/mol. The lowest BCUT2D eigenvalue weighted by molar-refractivity contribution is 0.191. The summed E-state index contributed by atoms with van der Waals surface area (Å²) >= 11 is 1.41. The fourth-order valence-corrected chi connectivity index (χ4v) is 3.92. The number of anilines is 2. The highest BCUT2D eigenvalue weighted by Crippen LogP contribution is 2.35. The van der Waals surface area contributed by atoms with Crippen molar-refractivity contribution in [1.29, 1.82) is 0 Å². The molecule has 2 amide bonds. The molecule has 3 aromatic rings. The maximum Gasteiger partial charge on any atom is 0.323 e. The van der Waals surface area contributed by atoms with Crippen LogP contribution >= 0.6 is 11.3 Å². The van der Waals surface area contributed by atoms with Crippen molar-refractivity contribution < 1.29 is 4.79 Å². The molecule has 9 nitrogen and oxygen atoms in total. The molecule has 3 aromatic heterocycles. The van der Waals surface area contributed by atoms with Crippen LogP contribution in [0.25, 0.3) is 5.65 Å². The van der Waals surface area contributed by atoms with E-state index in [2.05, 4.69) is 25.4 Å². The summed E-state index contributed by atoms with van der Waals surface area (Å²) in [5, 5.41) is 18.6. The molecule has 10 heteroatoms. The van der Waals surface area contributed by atoms with Crippen LogP contribution in [0.15, 0.2) is 23.7 Å². The molecular formula is C17H20N8OS. The summed E-state index contributed by atoms with van der Waals surface area (Å²) < 4.78 is 1.88. The van der Waals surface area contributed by atoms with E-state index in [1.54, 1.807) is 11.1 Å². The van der Waals surface area contributed by atoms with Crippen LogP contribution < -0.4 is 10.2 Å². The maximum absolute atomic E-state index is 12.3. The summed E-state index contributed by atoms with van der Waals surface area (Å²) in [6.45, 7) is 1.50. The molecule has 1 N–H and O–H groups in total. The molecule has 1 aliphatic heterocycles. The first-order valence-electron chi connectivity index (χ1n) is 9.09. The molecular weight excluding hydrogens is 364 g/mol. The molecule has 2 fully saturated rings. The van der Waals surface area contributed by atoms with Gasteiger partial charge in [-0.1, -0.05) is 6.42 Å². The van der Waals surface area contributed by atoms with Gasteiger partial charge in [-0.2, -0.15) is 4.52 Å². The number of fused-ring (bicyclic) bond motifs is 1. The summed E-state index contributed by atoms with van der Waals surface area (Å²) in [4.78, 5) is 20.3. The number of thiazole rings is 1. The number of nitrogens with zero attached hydrogens (tertiary/aromatic N) is 7. The third-order valence-corrected chi connectivity index (χ3v) is 6.13. The van der Waals surface area contributed by atoms with E-state index >= 15 is 0 Å². The lowest BCUT2D eigenvalue weighted by Gasteiger charge is -2.44. The first kappa shape index (κ1) is 16.4. The topological polar surface area (TPSA) is 91.5 Å². The number of carbonyl (C=O) groups is 1. The summed E-state index contributed by atoms with van der Waals surface area (Å²) in [5.41, 5.74) is 0.790. The Morgan fingerprint density at radius 2 is 2.15 bits per heavy atom. The summed E-state index contributed by atoms with van der Waals surface area (Å²) in [6.07, 6.45) is 5.26. The van der Waals surface area contributed by atoms with Crippen LogP contribution in [0.3, 0.4) is 0 Å². The van der Waals surface area contributed by atoms with Gasteiger partial charge in [0.15, 0.2) is 16.6 Å². The van der Waals surface area contributed by atoms with Crippen LogP contribution in [0.2, 0.25) is 0 Å². The zero-order chi connectivity index (χ0) is 18.4. The molecule has 0 spiro atoms. The average molecular weight is 384 g/mol. The highest BCUT2D eigenvalue weighted by molar-refractivity contribution is 7.13. The SMILES string of the molecule is CN(C(=O)Nc1nccs1)C1CN(c2ccc3nnc(C4CCC4)n3n2)C1. The lowest BCUT2D eigenvalue weighted by Crippen LogP contribution is -2.60. The molecule has 27 heavy (non-hydrogen) atoms. The van der Waals surface area contributed by atoms with Crippen molar-refractivity contribution in [1.82, 2.24) is 29.7 Å². The molecule has 1 aliphatic carbocycles. The van der Waals surface area contributed by atoms with Gasteiger partial charge in [0.1, 0.15) is 5.82 Å². The zero-order valence-corrected chi connectivity index (χ0v) is 15.8. The van der Waals surface area contributed by atoms with E-state index in [1.807, 2.05) is 29.1 Å². The Morgan fingerprint density at radius 1 is 1.30 bits per heavy atom. The second-order valence-electron chi connectivity index (χ2n) is 7.08. The second kappa shape index (κ2) is 6.45. The number of aromatic nitrogens is 5. The number of nitrogens with one attached hydrogen (secondary N) is 1. The number of hydrogen-bond donors (Lipinski definition) is 1. The Balaban J connectivity index is 1.25. The molecule has 0 radical (unpaired) electrons. The van der Waals surface area contributed by atoms with Gasteiger partial charge in [-0.25, -0.2) is 9.78 Å². The van der Waals surface area contributed by atoms with Crippen LogP contribution in [0, 0.1) is 0 Å². The summed E-state index contributed by atoms with van der Waals surface area (Å²) in [7, 11) is 1.82. The second-order valence-corrected chi connectivity index (χ2v) is 7.98. The predicted molar refractivity (Wildman–Crippen MR) is 102 cm³/mol. The van der Waals surface area contributed by atoms with Crippen molar-refractivity contribution in [3.8, 4) is 0 Å². The Hall–Kier alpha value is -2.75. The van der Waals surface area contributed by atoms with Gasteiger partial charge < -0.3 is 9.80 Å². The predicted octanol–water partition coefficient (Wildman–Crippen LogP) is 2.20. The van der Waals surface area contributed by atoms with Crippen molar-refractivity contribution >= 4 is 34.0 Å². The molecule has 4 heterocycles. The normalized spacial score (nSPS) is 17.6. The van der Waals surface area contributed by atoms with Gasteiger partial charge in [-0.05, 0) is 25.0 Å². The molecule has 0 aromatic carbocycles. The minimum atomic E-state index is -0.135. The number of likely N-dealkylation sites (N-methyl/N-ethyl adjacent to an activating group) is 1. The third kappa shape index (κ3) is 2.89. The van der Waals surface area contributed by atoms with E-state index in [4.69, 9.17) is 5.10 Å². The van der Waals surface area contributed by atoms with Crippen molar-refractivity contribution in [3.63, 3.8) is 0 Å². The van der Waals surface area contributed by atoms with E-state index in [0.29, 0.717) is 11.0 Å². The van der Waals surface area contributed by atoms with E-state index in [1.165, 1.54) is 17.8 Å². The molecule has 0 unspecified atom stereocenters. The molecule has 0 bridgehead atoms. The Morgan fingerprint density at radius 3 is 2.85 bits per heavy atom. The Bertz CT molecular complexity index is 961. The fourth-order valence-electron chi connectivity index (χ4n) is 3.40. The van der Waals surface area contributed by atoms with Gasteiger partial charge in [0, 0.05) is 37.6 Å². The van der Waals surface area contributed by atoms with Crippen molar-refractivity contribution in [2.45, 2.75) is 31.2 Å². The van der Waals surface area contributed by atoms with Crippen LogP contribution in [0.5, 0.6) is 0 Å². The van der Waals surface area contributed by atoms with E-state index in [9.17, 15) is 4.79 Å². The number of hydrogen-bond acceptors (Lipinski definition) is 7. The van der Waals surface area contributed by atoms with Crippen LogP contribution in [-0.4, -0.2) is 61.9 Å². The van der Waals surface area contributed by atoms with Gasteiger partial charge in [-0.15, -0.1) is 26.6 Å². The van der Waals surface area contributed by atoms with Gasteiger partial charge >= 0.3 is 6.03 Å². The van der Waals surface area contributed by atoms with Gasteiger partial charge in [0.05, 0.1) is 6.04 Å². The minimum absolute atomic E-state index is 0.135. The number of rotatable bonds is 4. The lowest BCUT2D eigenvalue weighted by atomic mass is 9.85. The van der Waals surface area contributed by atoms with Crippen LogP contribution in [0.1, 0.15) is 31.0 Å².